The zero-order chi connectivity index (χ0) is 18.7. The molecule has 0 amide bonds. The summed E-state index contributed by atoms with van der Waals surface area (Å²) in [5.74, 6) is -0.415. The van der Waals surface area contributed by atoms with E-state index >= 15 is 0 Å². The van der Waals surface area contributed by atoms with E-state index < -0.39 is 5.82 Å². The lowest BCUT2D eigenvalue weighted by Crippen LogP contribution is -2.03. The van der Waals surface area contributed by atoms with Gasteiger partial charge >= 0.3 is 0 Å². The van der Waals surface area contributed by atoms with Crippen molar-refractivity contribution in [1.82, 2.24) is 4.98 Å². The van der Waals surface area contributed by atoms with E-state index in [1.807, 2.05) is 12.1 Å². The first-order valence-corrected chi connectivity index (χ1v) is 8.28. The van der Waals surface area contributed by atoms with Crippen LogP contribution in [0.25, 0.3) is 11.1 Å². The molecular formula is C19H12FN5S. The van der Waals surface area contributed by atoms with Gasteiger partial charge in [0.05, 0.1) is 5.56 Å². The fraction of sp³-hybridized carbons (Fsp3) is 0. The number of para-hydroxylation sites is 1. The van der Waals surface area contributed by atoms with Crippen molar-refractivity contribution in [2.45, 2.75) is 9.92 Å². The summed E-state index contributed by atoms with van der Waals surface area (Å²) in [6, 6.07) is 16.8. The topological polar surface area (TPSA) is 113 Å². The number of benzene rings is 2. The molecule has 0 spiro atoms. The van der Waals surface area contributed by atoms with Gasteiger partial charge in [-0.1, -0.05) is 36.0 Å². The van der Waals surface area contributed by atoms with E-state index in [0.717, 1.165) is 0 Å². The molecule has 0 saturated heterocycles. The molecule has 0 bridgehead atoms. The Kier molecular flexibility index (Phi) is 4.74. The van der Waals surface area contributed by atoms with Gasteiger partial charge in [-0.15, -0.1) is 0 Å². The maximum Gasteiger partial charge on any atom is 0.143 e. The summed E-state index contributed by atoms with van der Waals surface area (Å²) >= 11 is 1.19. The van der Waals surface area contributed by atoms with Gasteiger partial charge in [0.2, 0.25) is 0 Å². The standard InChI is InChI=1S/C19H12FN5S/c20-12-7-5-11(6-8-12)17-13(9-21)18(24)25-19(14(17)10-22)26-16-4-2-1-3-15(16)23/h1-8H,23H2,(H2,24,25). The van der Waals surface area contributed by atoms with Gasteiger partial charge in [0.25, 0.3) is 0 Å². The monoisotopic (exact) mass is 361 g/mol. The Balaban J connectivity index is 2.25. The van der Waals surface area contributed by atoms with E-state index in [9.17, 15) is 14.9 Å². The van der Waals surface area contributed by atoms with Crippen molar-refractivity contribution in [2.75, 3.05) is 11.5 Å². The van der Waals surface area contributed by atoms with Crippen molar-refractivity contribution in [3.63, 3.8) is 0 Å². The van der Waals surface area contributed by atoms with E-state index in [0.29, 0.717) is 26.7 Å². The van der Waals surface area contributed by atoms with E-state index in [-0.39, 0.29) is 16.9 Å². The Morgan fingerprint density at radius 2 is 1.58 bits per heavy atom. The summed E-state index contributed by atoms with van der Waals surface area (Å²) < 4.78 is 13.3. The number of pyridine rings is 1. The highest BCUT2D eigenvalue weighted by Gasteiger charge is 2.21. The molecule has 7 heteroatoms. The first-order valence-electron chi connectivity index (χ1n) is 7.47. The number of aromatic nitrogens is 1. The molecule has 26 heavy (non-hydrogen) atoms. The number of hydrogen-bond acceptors (Lipinski definition) is 6. The molecule has 2 aromatic carbocycles. The van der Waals surface area contributed by atoms with E-state index in [1.165, 1.54) is 36.0 Å². The zero-order valence-electron chi connectivity index (χ0n) is 13.4. The number of anilines is 2. The highest BCUT2D eigenvalue weighted by molar-refractivity contribution is 7.99. The zero-order valence-corrected chi connectivity index (χ0v) is 14.2. The summed E-state index contributed by atoms with van der Waals surface area (Å²) in [4.78, 5) is 4.93. The van der Waals surface area contributed by atoms with Crippen molar-refractivity contribution in [1.29, 1.82) is 10.5 Å². The quantitative estimate of drug-likeness (QED) is 0.683. The molecule has 3 rings (SSSR count). The van der Waals surface area contributed by atoms with Crippen LogP contribution in [-0.2, 0) is 0 Å². The second kappa shape index (κ2) is 7.14. The van der Waals surface area contributed by atoms with Gasteiger partial charge in [-0.25, -0.2) is 9.37 Å². The molecule has 0 fully saturated rings. The van der Waals surface area contributed by atoms with Gasteiger partial charge in [0, 0.05) is 16.1 Å². The second-order valence-corrected chi connectivity index (χ2v) is 6.33. The second-order valence-electron chi connectivity index (χ2n) is 5.30. The van der Waals surface area contributed by atoms with Gasteiger partial charge in [-0.05, 0) is 29.8 Å². The van der Waals surface area contributed by atoms with Crippen LogP contribution in [0, 0.1) is 28.5 Å². The number of nitrogens with zero attached hydrogens (tertiary/aromatic N) is 3. The van der Waals surface area contributed by atoms with Crippen molar-refractivity contribution >= 4 is 23.3 Å². The minimum absolute atomic E-state index is 0.00262. The molecule has 5 nitrogen and oxygen atoms in total. The number of hydrogen-bond donors (Lipinski definition) is 2. The smallest absolute Gasteiger partial charge is 0.143 e. The van der Waals surface area contributed by atoms with Gasteiger partial charge in [-0.3, -0.25) is 0 Å². The van der Waals surface area contributed by atoms with Crippen LogP contribution in [0.2, 0.25) is 0 Å². The van der Waals surface area contributed by atoms with Crippen LogP contribution in [0.15, 0.2) is 58.5 Å². The van der Waals surface area contributed by atoms with Crippen LogP contribution >= 0.6 is 11.8 Å². The predicted octanol–water partition coefficient (Wildman–Crippen LogP) is 3.95. The molecule has 3 aromatic rings. The SMILES string of the molecule is N#Cc1c(N)nc(Sc2ccccc2N)c(C#N)c1-c1ccc(F)cc1. The minimum Gasteiger partial charge on any atom is -0.398 e. The average Bonchev–Trinajstić information content (AvgIpc) is 2.64. The van der Waals surface area contributed by atoms with Crippen molar-refractivity contribution in [2.24, 2.45) is 0 Å². The molecule has 4 N–H and O–H groups in total. The molecule has 0 aliphatic heterocycles. The molecule has 0 aliphatic rings. The molecule has 0 saturated carbocycles. The number of rotatable bonds is 3. The van der Waals surface area contributed by atoms with Crippen molar-refractivity contribution in [3.8, 4) is 23.3 Å². The fourth-order valence-electron chi connectivity index (χ4n) is 2.45. The van der Waals surface area contributed by atoms with Crippen LogP contribution in [-0.4, -0.2) is 4.98 Å². The van der Waals surface area contributed by atoms with Gasteiger partial charge in [0.15, 0.2) is 0 Å². The van der Waals surface area contributed by atoms with E-state index in [2.05, 4.69) is 11.1 Å². The first kappa shape index (κ1) is 17.3. The number of halogens is 1. The van der Waals surface area contributed by atoms with Gasteiger partial charge in [0.1, 0.15) is 34.4 Å². The van der Waals surface area contributed by atoms with E-state index in [1.54, 1.807) is 18.2 Å². The molecule has 0 atom stereocenters. The van der Waals surface area contributed by atoms with Crippen molar-refractivity contribution in [3.05, 3.63) is 65.5 Å². The largest absolute Gasteiger partial charge is 0.398 e. The van der Waals surface area contributed by atoms with E-state index in [4.69, 9.17) is 11.5 Å². The Bertz CT molecular complexity index is 1070. The maximum atomic E-state index is 13.3. The summed E-state index contributed by atoms with van der Waals surface area (Å²) in [5, 5.41) is 19.5. The molecule has 0 aliphatic carbocycles. The van der Waals surface area contributed by atoms with Crippen LogP contribution < -0.4 is 11.5 Å². The predicted molar refractivity (Wildman–Crippen MR) is 98.5 cm³/mol. The molecule has 1 aromatic heterocycles. The van der Waals surface area contributed by atoms with Crippen LogP contribution in [0.5, 0.6) is 0 Å². The summed E-state index contributed by atoms with van der Waals surface area (Å²) in [6.45, 7) is 0. The van der Waals surface area contributed by atoms with Crippen LogP contribution in [0.1, 0.15) is 11.1 Å². The molecule has 0 unspecified atom stereocenters. The molecule has 0 radical (unpaired) electrons. The third kappa shape index (κ3) is 3.16. The Morgan fingerprint density at radius 3 is 2.19 bits per heavy atom. The Hall–Kier alpha value is -3.55. The Labute approximate surface area is 153 Å². The highest BCUT2D eigenvalue weighted by Crippen LogP contribution is 2.39. The maximum absolute atomic E-state index is 13.3. The third-order valence-electron chi connectivity index (χ3n) is 3.67. The Morgan fingerprint density at radius 1 is 0.923 bits per heavy atom. The lowest BCUT2D eigenvalue weighted by atomic mass is 9.97. The normalized spacial score (nSPS) is 10.1. The molecule has 126 valence electrons. The first-order chi connectivity index (χ1) is 12.5. The fourth-order valence-corrected chi connectivity index (χ4v) is 3.39. The van der Waals surface area contributed by atoms with Crippen molar-refractivity contribution < 1.29 is 4.39 Å². The van der Waals surface area contributed by atoms with Gasteiger partial charge < -0.3 is 11.5 Å². The lowest BCUT2D eigenvalue weighted by Gasteiger charge is -2.13. The molecular weight excluding hydrogens is 349 g/mol. The highest BCUT2D eigenvalue weighted by atomic mass is 32.2. The number of nitrogens with two attached hydrogens (primary N) is 2. The summed E-state index contributed by atoms with van der Waals surface area (Å²) in [5.41, 5.74) is 13.6. The third-order valence-corrected chi connectivity index (χ3v) is 4.75. The summed E-state index contributed by atoms with van der Waals surface area (Å²) in [7, 11) is 0. The molecule has 1 heterocycles. The summed E-state index contributed by atoms with van der Waals surface area (Å²) in [6.07, 6.45) is 0. The van der Waals surface area contributed by atoms with Crippen LogP contribution in [0.3, 0.4) is 0 Å². The minimum atomic E-state index is -0.417. The lowest BCUT2D eigenvalue weighted by molar-refractivity contribution is 0.628. The van der Waals surface area contributed by atoms with Gasteiger partial charge in [-0.2, -0.15) is 10.5 Å². The van der Waals surface area contributed by atoms with Crippen LogP contribution in [0.4, 0.5) is 15.9 Å². The number of nitriles is 2. The number of nitrogen functional groups attached to an aromatic ring is 2. The average molecular weight is 361 g/mol.